The fourth-order valence-corrected chi connectivity index (χ4v) is 3.47. The summed E-state index contributed by atoms with van der Waals surface area (Å²) in [6.07, 6.45) is 2.49. The molecule has 2 bridgehead atoms. The molecule has 4 heteroatoms. The van der Waals surface area contributed by atoms with Crippen molar-refractivity contribution in [2.24, 2.45) is 0 Å². The SMILES string of the molecule is [2H]C([2H])([2H])N1[C@@H]2CC[C@H]1CC(O[13C](=O)[13C@@H](CO)c1ccccc1)C2. The molecule has 2 aliphatic rings. The standard InChI is InChI=1S/C17H23NO3/c1-18-13-7-8-14(18)10-15(9-13)21-17(20)16(11-19)12-5-3-2-4-6-12/h2-6,13-16,19H,7-11H2,1H3/t13-,14+,15?,16-/m0/s1/i1D3,16+1,17+1. The van der Waals surface area contributed by atoms with Gasteiger partial charge in [-0.05, 0) is 38.2 Å². The first-order valence-electron chi connectivity index (χ1n) is 9.05. The molecular weight excluding hydrogens is 268 g/mol. The molecule has 2 heterocycles. The van der Waals surface area contributed by atoms with Crippen molar-refractivity contribution in [3.8, 4) is 0 Å². The van der Waals surface area contributed by atoms with Gasteiger partial charge in [-0.2, -0.15) is 0 Å². The van der Waals surface area contributed by atoms with Crippen molar-refractivity contribution < 1.29 is 18.8 Å². The van der Waals surface area contributed by atoms with E-state index < -0.39 is 18.9 Å². The molecule has 2 saturated heterocycles. The number of aliphatic hydroxyl groups is 1. The minimum atomic E-state index is -2.08. The van der Waals surface area contributed by atoms with Gasteiger partial charge in [-0.3, -0.25) is 4.79 Å². The summed E-state index contributed by atoms with van der Waals surface area (Å²) < 4.78 is 28.6. The highest BCUT2D eigenvalue weighted by Gasteiger charge is 2.40. The summed E-state index contributed by atoms with van der Waals surface area (Å²) in [6.45, 7) is -2.39. The summed E-state index contributed by atoms with van der Waals surface area (Å²) in [7, 11) is 0. The number of hydrogen-bond acceptors (Lipinski definition) is 4. The molecule has 3 rings (SSSR count). The van der Waals surface area contributed by atoms with Gasteiger partial charge in [0.15, 0.2) is 0 Å². The molecule has 1 unspecified atom stereocenters. The maximum Gasteiger partial charge on any atom is 0.316 e. The van der Waals surface area contributed by atoms with Crippen LogP contribution in [0.2, 0.25) is 0 Å². The summed E-state index contributed by atoms with van der Waals surface area (Å²) in [5.41, 5.74) is 0.730. The second-order valence-corrected chi connectivity index (χ2v) is 5.97. The molecule has 0 aliphatic carbocycles. The average molecular weight is 294 g/mol. The van der Waals surface area contributed by atoms with Gasteiger partial charge in [-0.25, -0.2) is 0 Å². The van der Waals surface area contributed by atoms with Gasteiger partial charge in [0, 0.05) is 16.2 Å². The highest BCUT2D eigenvalue weighted by Crippen LogP contribution is 2.36. The van der Waals surface area contributed by atoms with E-state index in [2.05, 4.69) is 0 Å². The lowest BCUT2D eigenvalue weighted by Gasteiger charge is -2.36. The van der Waals surface area contributed by atoms with Crippen LogP contribution in [0.15, 0.2) is 30.3 Å². The summed E-state index contributed by atoms with van der Waals surface area (Å²) in [5.74, 6) is -1.13. The third kappa shape index (κ3) is 2.97. The molecular formula is C17H23NO3. The minimum absolute atomic E-state index is 0.0571. The fourth-order valence-electron chi connectivity index (χ4n) is 3.47. The van der Waals surface area contributed by atoms with Crippen molar-refractivity contribution in [1.29, 1.82) is 0 Å². The lowest BCUT2D eigenvalue weighted by atomic mass is 10.0. The zero-order valence-corrected chi connectivity index (χ0v) is 11.9. The van der Waals surface area contributed by atoms with E-state index in [-0.39, 0.29) is 24.8 Å². The third-order valence-electron chi connectivity index (χ3n) is 4.64. The van der Waals surface area contributed by atoms with E-state index in [9.17, 15) is 9.90 Å². The van der Waals surface area contributed by atoms with Gasteiger partial charge in [0.1, 0.15) is 12.0 Å². The van der Waals surface area contributed by atoms with Crippen LogP contribution >= 0.6 is 0 Å². The molecule has 0 spiro atoms. The van der Waals surface area contributed by atoms with Crippen LogP contribution in [0.5, 0.6) is 0 Å². The Kier molecular flexibility index (Phi) is 3.29. The minimum Gasteiger partial charge on any atom is -0.462 e. The second-order valence-electron chi connectivity index (χ2n) is 5.97. The molecule has 2 fully saturated rings. The van der Waals surface area contributed by atoms with E-state index in [1.165, 1.54) is 0 Å². The van der Waals surface area contributed by atoms with Gasteiger partial charge in [-0.1, -0.05) is 30.3 Å². The number of aliphatic hydroxyl groups excluding tert-OH is 1. The van der Waals surface area contributed by atoms with Crippen LogP contribution < -0.4 is 0 Å². The number of rotatable bonds is 4. The van der Waals surface area contributed by atoms with Crippen LogP contribution in [0.1, 0.15) is 41.3 Å². The first kappa shape index (κ1) is 11.2. The average Bonchev–Trinajstić information content (AvgIpc) is 2.82. The normalized spacial score (nSPS) is 32.8. The quantitative estimate of drug-likeness (QED) is 0.681. The number of nitrogens with zero attached hydrogens (tertiary/aromatic N) is 1. The number of carbonyl (C=O) groups is 1. The first-order valence-corrected chi connectivity index (χ1v) is 7.55. The molecule has 0 saturated carbocycles. The van der Waals surface area contributed by atoms with Gasteiger partial charge >= 0.3 is 5.97 Å². The molecule has 0 aromatic heterocycles. The van der Waals surface area contributed by atoms with Crippen molar-refractivity contribution in [2.75, 3.05) is 13.6 Å². The third-order valence-corrected chi connectivity index (χ3v) is 4.64. The zero-order chi connectivity index (χ0) is 17.3. The summed E-state index contributed by atoms with van der Waals surface area (Å²) >= 11 is 0. The molecule has 21 heavy (non-hydrogen) atoms. The number of fused-ring (bicyclic) bond motifs is 2. The highest BCUT2D eigenvalue weighted by molar-refractivity contribution is 5.78. The molecule has 114 valence electrons. The van der Waals surface area contributed by atoms with Crippen molar-refractivity contribution in [3.05, 3.63) is 35.9 Å². The molecule has 1 aromatic rings. The van der Waals surface area contributed by atoms with E-state index in [1.54, 1.807) is 17.0 Å². The molecule has 0 amide bonds. The smallest absolute Gasteiger partial charge is 0.316 e. The van der Waals surface area contributed by atoms with Crippen molar-refractivity contribution in [1.82, 2.24) is 4.90 Å². The Hall–Kier alpha value is -1.39. The Morgan fingerprint density at radius 2 is 2.05 bits per heavy atom. The van der Waals surface area contributed by atoms with Crippen molar-refractivity contribution in [2.45, 2.75) is 49.8 Å². The molecule has 2 aliphatic heterocycles. The van der Waals surface area contributed by atoms with Crippen LogP contribution in [0.25, 0.3) is 0 Å². The van der Waals surface area contributed by atoms with E-state index in [0.29, 0.717) is 12.8 Å². The Bertz CT molecular complexity index is 564. The van der Waals surface area contributed by atoms with Crippen molar-refractivity contribution >= 4 is 5.97 Å². The van der Waals surface area contributed by atoms with Gasteiger partial charge < -0.3 is 14.7 Å². The number of hydrogen-bond donors (Lipinski definition) is 1. The van der Waals surface area contributed by atoms with Crippen LogP contribution in [-0.2, 0) is 9.53 Å². The van der Waals surface area contributed by atoms with E-state index in [0.717, 1.165) is 18.4 Å². The predicted molar refractivity (Wildman–Crippen MR) is 80.0 cm³/mol. The van der Waals surface area contributed by atoms with Crippen LogP contribution in [-0.4, -0.2) is 47.7 Å². The molecule has 4 nitrogen and oxygen atoms in total. The number of esters is 1. The monoisotopic (exact) mass is 294 g/mol. The summed E-state index contributed by atoms with van der Waals surface area (Å²) in [6, 6.07) is 8.97. The lowest BCUT2D eigenvalue weighted by molar-refractivity contribution is -0.155. The maximum absolute atomic E-state index is 12.4. The molecule has 1 N–H and O–H groups in total. The van der Waals surface area contributed by atoms with Gasteiger partial charge in [0.2, 0.25) is 0 Å². The van der Waals surface area contributed by atoms with E-state index in [4.69, 9.17) is 8.85 Å². The Balaban J connectivity index is 1.64. The topological polar surface area (TPSA) is 49.8 Å². The van der Waals surface area contributed by atoms with Gasteiger partial charge in [0.05, 0.1) is 6.61 Å². The molecule has 0 radical (unpaired) electrons. The second kappa shape index (κ2) is 6.16. The maximum atomic E-state index is 12.4. The largest absolute Gasteiger partial charge is 0.462 e. The van der Waals surface area contributed by atoms with Gasteiger partial charge in [-0.15, -0.1) is 0 Å². The van der Waals surface area contributed by atoms with Crippen LogP contribution in [0, 0.1) is 0 Å². The van der Waals surface area contributed by atoms with Gasteiger partial charge in [0.25, 0.3) is 0 Å². The van der Waals surface area contributed by atoms with Crippen LogP contribution in [0.3, 0.4) is 0 Å². The zero-order valence-electron chi connectivity index (χ0n) is 14.9. The van der Waals surface area contributed by atoms with E-state index >= 15 is 0 Å². The number of piperidine rings is 1. The number of carbonyl (C=O) groups excluding carboxylic acids is 1. The van der Waals surface area contributed by atoms with Crippen LogP contribution in [0.4, 0.5) is 0 Å². The number of benzene rings is 1. The van der Waals surface area contributed by atoms with Crippen molar-refractivity contribution in [3.63, 3.8) is 0 Å². The Morgan fingerprint density at radius 1 is 1.38 bits per heavy atom. The molecule has 1 aromatic carbocycles. The highest BCUT2D eigenvalue weighted by atomic mass is 16.6. The Morgan fingerprint density at radius 3 is 2.62 bits per heavy atom. The number of ether oxygens (including phenoxy) is 1. The Labute approximate surface area is 129 Å². The molecule has 4 atom stereocenters. The fraction of sp³-hybridized carbons (Fsp3) is 0.588. The lowest BCUT2D eigenvalue weighted by Crippen LogP contribution is -2.43. The van der Waals surface area contributed by atoms with E-state index in [1.807, 2.05) is 18.2 Å². The summed E-state index contributed by atoms with van der Waals surface area (Å²) in [5, 5.41) is 9.56. The summed E-state index contributed by atoms with van der Waals surface area (Å²) in [4.78, 5) is 14.1. The first-order chi connectivity index (χ1) is 11.4. The predicted octanol–water partition coefficient (Wildman–Crippen LogP) is 1.93.